The summed E-state index contributed by atoms with van der Waals surface area (Å²) in [5.74, 6) is 0. The quantitative estimate of drug-likeness (QED) is 0.613. The second-order valence-corrected chi connectivity index (χ2v) is 3.33. The minimum atomic E-state index is -0.794. The normalized spacial score (nSPS) is 30.3. The van der Waals surface area contributed by atoms with E-state index in [9.17, 15) is 4.79 Å². The average Bonchev–Trinajstić information content (AvgIpc) is 2.03. The molecule has 2 N–H and O–H groups in total. The fourth-order valence-electron chi connectivity index (χ4n) is 1.72. The molecule has 12 heavy (non-hydrogen) atoms. The minimum absolute atomic E-state index is 0.147. The van der Waals surface area contributed by atoms with E-state index in [4.69, 9.17) is 5.11 Å². The second-order valence-electron chi connectivity index (χ2n) is 3.33. The van der Waals surface area contributed by atoms with E-state index in [1.165, 1.54) is 4.90 Å². The number of nitrogens with zero attached hydrogens (tertiary/aromatic N) is 1. The molecule has 0 aromatic heterocycles. The Labute approximate surface area is 72.6 Å². The van der Waals surface area contributed by atoms with Gasteiger partial charge in [0.25, 0.3) is 0 Å². The monoisotopic (exact) mass is 172 g/mol. The van der Waals surface area contributed by atoms with Gasteiger partial charge in [0, 0.05) is 18.6 Å². The molecule has 1 aliphatic rings. The third-order valence-electron chi connectivity index (χ3n) is 2.53. The topological polar surface area (TPSA) is 52.6 Å². The molecule has 1 heterocycles. The Morgan fingerprint density at radius 3 is 2.75 bits per heavy atom. The average molecular weight is 172 g/mol. The first-order valence-corrected chi connectivity index (χ1v) is 4.32. The highest BCUT2D eigenvalue weighted by Gasteiger charge is 2.27. The van der Waals surface area contributed by atoms with Gasteiger partial charge in [-0.25, -0.2) is 4.79 Å². The fraction of sp³-hybridized carbons (Fsp3) is 0.875. The maximum Gasteiger partial charge on any atom is 0.407 e. The summed E-state index contributed by atoms with van der Waals surface area (Å²) >= 11 is 0. The molecular formula is C8H16N2O2. The third kappa shape index (κ3) is 1.88. The standard InChI is InChI=1S/C8H16N2O2/c1-6-5-7(9-2)3-4-10(6)8(11)12/h6-7,9H,3-5H2,1-2H3,(H,11,12)/t6-,7-/m0/s1. The lowest BCUT2D eigenvalue weighted by Gasteiger charge is -2.35. The predicted molar refractivity (Wildman–Crippen MR) is 46.3 cm³/mol. The smallest absolute Gasteiger partial charge is 0.407 e. The van der Waals surface area contributed by atoms with Crippen LogP contribution in [0.4, 0.5) is 4.79 Å². The third-order valence-corrected chi connectivity index (χ3v) is 2.53. The van der Waals surface area contributed by atoms with Crippen LogP contribution in [0.15, 0.2) is 0 Å². The first-order chi connectivity index (χ1) is 5.65. The molecule has 1 rings (SSSR count). The van der Waals surface area contributed by atoms with Crippen LogP contribution in [0.1, 0.15) is 19.8 Å². The Morgan fingerprint density at radius 1 is 1.67 bits per heavy atom. The van der Waals surface area contributed by atoms with Crippen molar-refractivity contribution in [3.8, 4) is 0 Å². The molecule has 4 nitrogen and oxygen atoms in total. The number of carboxylic acid groups (broad SMARTS) is 1. The van der Waals surface area contributed by atoms with Crippen LogP contribution in [0.2, 0.25) is 0 Å². The van der Waals surface area contributed by atoms with Crippen LogP contribution in [0.25, 0.3) is 0 Å². The Bertz CT molecular complexity index is 172. The first kappa shape index (κ1) is 9.32. The number of amides is 1. The molecule has 0 spiro atoms. The van der Waals surface area contributed by atoms with Crippen molar-refractivity contribution in [2.45, 2.75) is 31.8 Å². The van der Waals surface area contributed by atoms with Gasteiger partial charge in [0.2, 0.25) is 0 Å². The molecule has 1 amide bonds. The lowest BCUT2D eigenvalue weighted by molar-refractivity contribution is 0.104. The van der Waals surface area contributed by atoms with Crippen LogP contribution in [0.3, 0.4) is 0 Å². The molecule has 0 bridgehead atoms. The van der Waals surface area contributed by atoms with Gasteiger partial charge in [0.1, 0.15) is 0 Å². The number of hydrogen-bond donors (Lipinski definition) is 2. The summed E-state index contributed by atoms with van der Waals surface area (Å²) in [6.45, 7) is 2.61. The molecule has 1 aliphatic heterocycles. The maximum absolute atomic E-state index is 10.7. The van der Waals surface area contributed by atoms with Crippen molar-refractivity contribution in [1.29, 1.82) is 0 Å². The number of carbonyl (C=O) groups is 1. The zero-order valence-corrected chi connectivity index (χ0v) is 7.58. The number of hydrogen-bond acceptors (Lipinski definition) is 2. The van der Waals surface area contributed by atoms with Crippen molar-refractivity contribution >= 4 is 6.09 Å². The summed E-state index contributed by atoms with van der Waals surface area (Å²) in [6.07, 6.45) is 1.05. The molecule has 1 fully saturated rings. The van der Waals surface area contributed by atoms with Crippen LogP contribution in [0, 0.1) is 0 Å². The van der Waals surface area contributed by atoms with E-state index in [0.717, 1.165) is 12.8 Å². The zero-order chi connectivity index (χ0) is 9.14. The number of likely N-dealkylation sites (tertiary alicyclic amines) is 1. The summed E-state index contributed by atoms with van der Waals surface area (Å²) in [5, 5.41) is 11.9. The highest BCUT2D eigenvalue weighted by atomic mass is 16.4. The van der Waals surface area contributed by atoms with Crippen molar-refractivity contribution < 1.29 is 9.90 Å². The van der Waals surface area contributed by atoms with Gasteiger partial charge >= 0.3 is 6.09 Å². The highest BCUT2D eigenvalue weighted by molar-refractivity contribution is 5.65. The molecule has 4 heteroatoms. The SMILES string of the molecule is CN[C@H]1CCN(C(=O)O)[C@@H](C)C1. The largest absolute Gasteiger partial charge is 0.465 e. The van der Waals surface area contributed by atoms with Crippen LogP contribution in [0.5, 0.6) is 0 Å². The molecule has 0 aromatic carbocycles. The molecular weight excluding hydrogens is 156 g/mol. The first-order valence-electron chi connectivity index (χ1n) is 4.32. The van der Waals surface area contributed by atoms with Gasteiger partial charge < -0.3 is 15.3 Å². The van der Waals surface area contributed by atoms with Gasteiger partial charge in [0.05, 0.1) is 0 Å². The van der Waals surface area contributed by atoms with Gasteiger partial charge in [-0.1, -0.05) is 0 Å². The van der Waals surface area contributed by atoms with Gasteiger partial charge in [-0.2, -0.15) is 0 Å². The summed E-state index contributed by atoms with van der Waals surface area (Å²) in [7, 11) is 1.92. The van der Waals surface area contributed by atoms with E-state index in [2.05, 4.69) is 5.32 Å². The number of piperidine rings is 1. The van der Waals surface area contributed by atoms with Gasteiger partial charge in [0.15, 0.2) is 0 Å². The van der Waals surface area contributed by atoms with E-state index in [1.807, 2.05) is 14.0 Å². The van der Waals surface area contributed by atoms with E-state index in [1.54, 1.807) is 0 Å². The van der Waals surface area contributed by atoms with Crippen molar-refractivity contribution in [2.24, 2.45) is 0 Å². The molecule has 0 radical (unpaired) electrons. The van der Waals surface area contributed by atoms with Crippen LogP contribution in [-0.4, -0.2) is 41.8 Å². The molecule has 70 valence electrons. The summed E-state index contributed by atoms with van der Waals surface area (Å²) in [5.41, 5.74) is 0. The van der Waals surface area contributed by atoms with Crippen LogP contribution < -0.4 is 5.32 Å². The lowest BCUT2D eigenvalue weighted by Crippen LogP contribution is -2.48. The van der Waals surface area contributed by atoms with Gasteiger partial charge in [-0.05, 0) is 26.8 Å². The van der Waals surface area contributed by atoms with E-state index < -0.39 is 6.09 Å². The molecule has 0 aliphatic carbocycles. The summed E-state index contributed by atoms with van der Waals surface area (Å²) in [6, 6.07) is 0.629. The number of rotatable bonds is 1. The highest BCUT2D eigenvalue weighted by Crippen LogP contribution is 2.16. The van der Waals surface area contributed by atoms with Crippen molar-refractivity contribution in [3.63, 3.8) is 0 Å². The van der Waals surface area contributed by atoms with Crippen molar-refractivity contribution in [2.75, 3.05) is 13.6 Å². The zero-order valence-electron chi connectivity index (χ0n) is 7.58. The molecule has 0 saturated carbocycles. The molecule has 0 aromatic rings. The van der Waals surface area contributed by atoms with E-state index in [0.29, 0.717) is 12.6 Å². The van der Waals surface area contributed by atoms with E-state index in [-0.39, 0.29) is 6.04 Å². The van der Waals surface area contributed by atoms with E-state index >= 15 is 0 Å². The molecule has 1 saturated heterocycles. The minimum Gasteiger partial charge on any atom is -0.465 e. The Balaban J connectivity index is 2.47. The Kier molecular flexibility index (Phi) is 2.92. The van der Waals surface area contributed by atoms with Crippen molar-refractivity contribution in [3.05, 3.63) is 0 Å². The fourth-order valence-corrected chi connectivity index (χ4v) is 1.72. The predicted octanol–water partition coefficient (Wildman–Crippen LogP) is 0.737. The Hall–Kier alpha value is -0.770. The van der Waals surface area contributed by atoms with Crippen molar-refractivity contribution in [1.82, 2.24) is 10.2 Å². The van der Waals surface area contributed by atoms with Gasteiger partial charge in [-0.15, -0.1) is 0 Å². The van der Waals surface area contributed by atoms with Crippen LogP contribution >= 0.6 is 0 Å². The summed E-state index contributed by atoms with van der Waals surface area (Å²) < 4.78 is 0. The number of nitrogens with one attached hydrogen (secondary N) is 1. The maximum atomic E-state index is 10.7. The Morgan fingerprint density at radius 2 is 2.33 bits per heavy atom. The lowest BCUT2D eigenvalue weighted by atomic mass is 9.99. The molecule has 2 atom stereocenters. The second kappa shape index (κ2) is 3.76. The van der Waals surface area contributed by atoms with Gasteiger partial charge in [-0.3, -0.25) is 0 Å². The molecule has 0 unspecified atom stereocenters. The summed E-state index contributed by atoms with van der Waals surface area (Å²) in [4.78, 5) is 12.2. The van der Waals surface area contributed by atoms with Crippen LogP contribution in [-0.2, 0) is 0 Å².